The van der Waals surface area contributed by atoms with Crippen LogP contribution in [0.25, 0.3) is 0 Å². The van der Waals surface area contributed by atoms with Crippen LogP contribution in [0, 0.1) is 45.3 Å². The van der Waals surface area contributed by atoms with Gasteiger partial charge in [0.1, 0.15) is 6.10 Å². The van der Waals surface area contributed by atoms with Crippen molar-refractivity contribution < 1.29 is 9.53 Å². The molecule has 45 heavy (non-hydrogen) atoms. The third-order valence-electron chi connectivity index (χ3n) is 14.4. The number of hydrogen-bond donors (Lipinski definition) is 1. The minimum atomic E-state index is -0.116. The zero-order valence-electron chi connectivity index (χ0n) is 30.0. The van der Waals surface area contributed by atoms with Gasteiger partial charge in [-0.2, -0.15) is 0 Å². The summed E-state index contributed by atoms with van der Waals surface area (Å²) in [6.07, 6.45) is 16.6. The Hall–Kier alpha value is -1.32. The van der Waals surface area contributed by atoms with Crippen molar-refractivity contribution in [3.8, 4) is 0 Å². The van der Waals surface area contributed by atoms with Crippen molar-refractivity contribution in [2.24, 2.45) is 45.3 Å². The van der Waals surface area contributed by atoms with Crippen LogP contribution >= 0.6 is 11.6 Å². The summed E-state index contributed by atoms with van der Waals surface area (Å²) >= 11 is 6.12. The summed E-state index contributed by atoms with van der Waals surface area (Å²) in [6.45, 7) is 21.0. The van der Waals surface area contributed by atoms with Gasteiger partial charge in [-0.05, 0) is 135 Å². The number of benzene rings is 1. The van der Waals surface area contributed by atoms with E-state index in [9.17, 15) is 4.79 Å². The molecule has 3 saturated carbocycles. The van der Waals surface area contributed by atoms with Crippen molar-refractivity contribution in [2.45, 2.75) is 152 Å². The Morgan fingerprint density at radius 2 is 1.78 bits per heavy atom. The van der Waals surface area contributed by atoms with E-state index in [0.717, 1.165) is 49.2 Å². The second-order valence-corrected chi connectivity index (χ2v) is 17.6. The fraction of sp³-hybridized carbons (Fsp3) is 0.780. The molecule has 3 fully saturated rings. The molecule has 0 spiro atoms. The van der Waals surface area contributed by atoms with Crippen LogP contribution in [0.15, 0.2) is 35.4 Å². The van der Waals surface area contributed by atoms with Gasteiger partial charge in [0.2, 0.25) is 0 Å². The van der Waals surface area contributed by atoms with Crippen molar-refractivity contribution >= 4 is 17.6 Å². The quantitative estimate of drug-likeness (QED) is 0.141. The van der Waals surface area contributed by atoms with Crippen LogP contribution in [0.4, 0.5) is 0 Å². The smallest absolute Gasteiger partial charge is 0.302 e. The zero-order chi connectivity index (χ0) is 32.6. The van der Waals surface area contributed by atoms with Gasteiger partial charge in [-0.3, -0.25) is 4.79 Å². The maximum atomic E-state index is 12.1. The molecule has 5 rings (SSSR count). The van der Waals surface area contributed by atoms with Crippen molar-refractivity contribution in [2.75, 3.05) is 6.54 Å². The van der Waals surface area contributed by atoms with E-state index >= 15 is 0 Å². The first-order valence-corrected chi connectivity index (χ1v) is 19.0. The lowest BCUT2D eigenvalue weighted by Crippen LogP contribution is -2.58. The van der Waals surface area contributed by atoms with E-state index in [2.05, 4.69) is 65.9 Å². The van der Waals surface area contributed by atoms with E-state index in [1.807, 2.05) is 23.3 Å². The van der Waals surface area contributed by atoms with Gasteiger partial charge in [0.25, 0.3) is 0 Å². The maximum absolute atomic E-state index is 12.1. The molecule has 4 heteroatoms. The SMILES string of the molecule is CCCC[C@H](OC(C)=O)C(C)(C)[C@@H]1CC[C@]2(C)[C@H](CC[C@@H]3C4=C(C(C)C)CC[C@]4(CCNCc4ccc(Cl)cc4)CC[C@]32C)C1. The van der Waals surface area contributed by atoms with E-state index in [1.165, 1.54) is 69.8 Å². The number of fused-ring (bicyclic) bond motifs is 5. The monoisotopic (exact) mass is 637 g/mol. The molecule has 4 aliphatic carbocycles. The fourth-order valence-corrected chi connectivity index (χ4v) is 11.3. The van der Waals surface area contributed by atoms with Crippen LogP contribution in [0.2, 0.25) is 5.02 Å². The summed E-state index contributed by atoms with van der Waals surface area (Å²) in [7, 11) is 0. The highest BCUT2D eigenvalue weighted by Crippen LogP contribution is 2.73. The highest BCUT2D eigenvalue weighted by molar-refractivity contribution is 6.30. The lowest BCUT2D eigenvalue weighted by atomic mass is 9.38. The predicted octanol–water partition coefficient (Wildman–Crippen LogP) is 11.3. The Morgan fingerprint density at radius 3 is 2.44 bits per heavy atom. The molecule has 1 aromatic carbocycles. The summed E-state index contributed by atoms with van der Waals surface area (Å²) in [5, 5.41) is 4.62. The van der Waals surface area contributed by atoms with E-state index < -0.39 is 0 Å². The molecular weight excluding hydrogens is 574 g/mol. The third kappa shape index (κ3) is 6.57. The number of allylic oxidation sites excluding steroid dienone is 2. The first-order chi connectivity index (χ1) is 21.3. The number of unbranched alkanes of at least 4 members (excludes halogenated alkanes) is 1. The van der Waals surface area contributed by atoms with Gasteiger partial charge in [-0.1, -0.05) is 96.2 Å². The highest BCUT2D eigenvalue weighted by atomic mass is 35.5. The highest BCUT2D eigenvalue weighted by Gasteiger charge is 2.64. The molecular formula is C41H64ClNO2. The van der Waals surface area contributed by atoms with Crippen LogP contribution < -0.4 is 5.32 Å². The van der Waals surface area contributed by atoms with Gasteiger partial charge < -0.3 is 10.1 Å². The van der Waals surface area contributed by atoms with E-state index in [0.29, 0.717) is 28.1 Å². The molecule has 0 aliphatic heterocycles. The Morgan fingerprint density at radius 1 is 1.04 bits per heavy atom. The topological polar surface area (TPSA) is 38.3 Å². The number of rotatable bonds is 12. The largest absolute Gasteiger partial charge is 0.462 e. The minimum Gasteiger partial charge on any atom is -0.462 e. The summed E-state index contributed by atoms with van der Waals surface area (Å²) < 4.78 is 6.04. The minimum absolute atomic E-state index is 0.0133. The fourth-order valence-electron chi connectivity index (χ4n) is 11.2. The maximum Gasteiger partial charge on any atom is 0.302 e. The first kappa shape index (κ1) is 35.0. The van der Waals surface area contributed by atoms with Crippen LogP contribution in [-0.2, 0) is 16.1 Å². The Kier molecular flexibility index (Phi) is 10.6. The van der Waals surface area contributed by atoms with Crippen molar-refractivity contribution in [3.05, 3.63) is 46.0 Å². The van der Waals surface area contributed by atoms with Gasteiger partial charge in [0.15, 0.2) is 0 Å². The third-order valence-corrected chi connectivity index (χ3v) is 14.6. The number of halogens is 1. The Labute approximate surface area is 281 Å². The van der Waals surface area contributed by atoms with Crippen LogP contribution in [-0.4, -0.2) is 18.6 Å². The number of hydrogen-bond acceptors (Lipinski definition) is 3. The molecule has 1 aromatic rings. The number of ether oxygens (including phenoxy) is 1. The lowest BCUT2D eigenvalue weighted by Gasteiger charge is -2.66. The van der Waals surface area contributed by atoms with E-state index in [-0.39, 0.29) is 17.5 Å². The summed E-state index contributed by atoms with van der Waals surface area (Å²) in [4.78, 5) is 12.1. The molecule has 0 unspecified atom stereocenters. The number of nitrogens with one attached hydrogen (secondary N) is 1. The van der Waals surface area contributed by atoms with Gasteiger partial charge in [0, 0.05) is 23.9 Å². The Balaban J connectivity index is 1.34. The van der Waals surface area contributed by atoms with Crippen molar-refractivity contribution in [1.82, 2.24) is 5.32 Å². The van der Waals surface area contributed by atoms with Gasteiger partial charge >= 0.3 is 5.97 Å². The molecule has 0 aromatic heterocycles. The van der Waals surface area contributed by atoms with Crippen molar-refractivity contribution in [1.29, 1.82) is 0 Å². The molecule has 252 valence electrons. The van der Waals surface area contributed by atoms with Crippen LogP contribution in [0.3, 0.4) is 0 Å². The van der Waals surface area contributed by atoms with Gasteiger partial charge in [0.05, 0.1) is 0 Å². The normalized spacial score (nSPS) is 33.9. The first-order valence-electron chi connectivity index (χ1n) is 18.6. The number of carbonyl (C=O) groups excluding carboxylic acids is 1. The molecule has 0 saturated heterocycles. The lowest BCUT2D eigenvalue weighted by molar-refractivity contribution is -0.167. The second-order valence-electron chi connectivity index (χ2n) is 17.1. The molecule has 0 amide bonds. The average Bonchev–Trinajstić information content (AvgIpc) is 3.38. The molecule has 0 radical (unpaired) electrons. The summed E-state index contributed by atoms with van der Waals surface area (Å²) in [5.41, 5.74) is 6.20. The van der Waals surface area contributed by atoms with Crippen molar-refractivity contribution in [3.63, 3.8) is 0 Å². The molecule has 0 bridgehead atoms. The van der Waals surface area contributed by atoms with E-state index in [1.54, 1.807) is 6.92 Å². The number of carbonyl (C=O) groups is 1. The average molecular weight is 638 g/mol. The number of esters is 1. The molecule has 1 N–H and O–H groups in total. The van der Waals surface area contributed by atoms with Crippen LogP contribution in [0.1, 0.15) is 144 Å². The molecule has 7 atom stereocenters. The zero-order valence-corrected chi connectivity index (χ0v) is 30.8. The molecule has 4 aliphatic rings. The molecule has 3 nitrogen and oxygen atoms in total. The van der Waals surface area contributed by atoms with Gasteiger partial charge in [-0.15, -0.1) is 0 Å². The summed E-state index contributed by atoms with van der Waals surface area (Å²) in [5.74, 6) is 2.64. The molecule has 0 heterocycles. The standard InChI is InChI=1S/C41H64ClNO2/c1-9-10-11-36(45-29(4)44)38(5,6)31-18-20-39(7)32(26-31)14-17-35-37-34(28(2)3)19-21-41(37,23-22-40(35,39)8)24-25-43-27-30-12-15-33(42)16-13-30/h12-13,15-16,28,31-32,35-36,43H,9-11,14,17-27H2,1-8H3/t31-,32-,35-,36+,39-,40-,41-/m1/s1. The Bertz CT molecular complexity index is 1220. The summed E-state index contributed by atoms with van der Waals surface area (Å²) in [6, 6.07) is 8.30. The second kappa shape index (κ2) is 13.7. The van der Waals surface area contributed by atoms with Crippen LogP contribution in [0.5, 0.6) is 0 Å². The van der Waals surface area contributed by atoms with E-state index in [4.69, 9.17) is 16.3 Å². The predicted molar refractivity (Wildman–Crippen MR) is 189 cm³/mol. The van der Waals surface area contributed by atoms with Gasteiger partial charge in [-0.25, -0.2) is 0 Å².